The van der Waals surface area contributed by atoms with Crippen molar-refractivity contribution >= 4 is 5.84 Å². The number of benzene rings is 1. The highest BCUT2D eigenvalue weighted by Gasteiger charge is 2.03. The molecule has 14 heavy (non-hydrogen) atoms. The Balaban J connectivity index is 1.73. The van der Waals surface area contributed by atoms with Crippen molar-refractivity contribution in [2.24, 2.45) is 4.99 Å². The minimum atomic E-state index is 0.592. The van der Waals surface area contributed by atoms with Gasteiger partial charge in [-0.2, -0.15) is 0 Å². The van der Waals surface area contributed by atoms with Crippen LogP contribution in [0.25, 0.3) is 0 Å². The first-order valence-electron chi connectivity index (χ1n) is 4.84. The molecule has 0 saturated carbocycles. The summed E-state index contributed by atoms with van der Waals surface area (Å²) in [5.41, 5.74) is 1.20. The smallest absolute Gasteiger partial charge is 0.123 e. The number of ether oxygens (including phenoxy) is 1. The van der Waals surface area contributed by atoms with Crippen LogP contribution in [0.5, 0.6) is 0 Å². The lowest BCUT2D eigenvalue weighted by atomic mass is 10.2. The fourth-order valence-electron chi connectivity index (χ4n) is 1.38. The zero-order valence-electron chi connectivity index (χ0n) is 8.07. The second kappa shape index (κ2) is 4.77. The second-order valence-corrected chi connectivity index (χ2v) is 3.23. The van der Waals surface area contributed by atoms with Gasteiger partial charge in [-0.1, -0.05) is 30.3 Å². The third kappa shape index (κ3) is 2.57. The first-order chi connectivity index (χ1) is 6.95. The molecule has 1 N–H and O–H groups in total. The number of hydrogen-bond acceptors (Lipinski definition) is 3. The molecule has 0 saturated heterocycles. The van der Waals surface area contributed by atoms with Crippen LogP contribution in [-0.2, 0) is 11.3 Å². The molecule has 0 atom stereocenters. The van der Waals surface area contributed by atoms with Gasteiger partial charge in [-0.25, -0.2) is 0 Å². The van der Waals surface area contributed by atoms with Crippen LogP contribution < -0.4 is 5.32 Å². The molecule has 3 nitrogen and oxygen atoms in total. The molecule has 74 valence electrons. The number of nitrogens with one attached hydrogen (secondary N) is 1. The third-order valence-corrected chi connectivity index (χ3v) is 2.09. The molecule has 0 radical (unpaired) electrons. The molecule has 1 aromatic carbocycles. The first kappa shape index (κ1) is 9.21. The summed E-state index contributed by atoms with van der Waals surface area (Å²) >= 11 is 0. The van der Waals surface area contributed by atoms with E-state index in [1.54, 1.807) is 0 Å². The SMILES string of the molecule is c1ccc(COCC2=NCCN2)cc1. The number of aliphatic imine (C=N–C) groups is 1. The normalized spacial score (nSPS) is 15.0. The maximum atomic E-state index is 5.51. The van der Waals surface area contributed by atoms with Crippen molar-refractivity contribution < 1.29 is 4.74 Å². The van der Waals surface area contributed by atoms with E-state index >= 15 is 0 Å². The molecular weight excluding hydrogens is 176 g/mol. The van der Waals surface area contributed by atoms with E-state index in [1.807, 2.05) is 18.2 Å². The topological polar surface area (TPSA) is 33.6 Å². The zero-order chi connectivity index (χ0) is 9.64. The molecule has 0 unspecified atom stereocenters. The average Bonchev–Trinajstić information content (AvgIpc) is 2.72. The Hall–Kier alpha value is -1.35. The van der Waals surface area contributed by atoms with Crippen LogP contribution in [0.3, 0.4) is 0 Å². The van der Waals surface area contributed by atoms with Crippen molar-refractivity contribution in [3.8, 4) is 0 Å². The lowest BCUT2D eigenvalue weighted by molar-refractivity contribution is 0.156. The summed E-state index contributed by atoms with van der Waals surface area (Å²) in [5, 5.41) is 3.17. The largest absolute Gasteiger partial charge is 0.370 e. The molecule has 1 aliphatic rings. The van der Waals surface area contributed by atoms with Crippen LogP contribution in [0, 0.1) is 0 Å². The Bertz CT molecular complexity index is 308. The van der Waals surface area contributed by atoms with Crippen LogP contribution in [0.2, 0.25) is 0 Å². The van der Waals surface area contributed by atoms with Crippen molar-refractivity contribution in [2.45, 2.75) is 6.61 Å². The molecule has 1 heterocycles. The summed E-state index contributed by atoms with van der Waals surface area (Å²) in [6, 6.07) is 10.2. The van der Waals surface area contributed by atoms with Gasteiger partial charge >= 0.3 is 0 Å². The predicted octanol–water partition coefficient (Wildman–Crippen LogP) is 1.20. The van der Waals surface area contributed by atoms with Crippen LogP contribution in [-0.4, -0.2) is 25.5 Å². The Morgan fingerprint density at radius 1 is 1.21 bits per heavy atom. The average molecular weight is 190 g/mol. The highest BCUT2D eigenvalue weighted by atomic mass is 16.5. The molecule has 0 amide bonds. The molecule has 0 fully saturated rings. The van der Waals surface area contributed by atoms with Gasteiger partial charge in [-0.15, -0.1) is 0 Å². The van der Waals surface area contributed by atoms with E-state index in [2.05, 4.69) is 22.4 Å². The molecule has 1 aromatic rings. The van der Waals surface area contributed by atoms with E-state index in [0.29, 0.717) is 13.2 Å². The number of nitrogens with zero attached hydrogens (tertiary/aromatic N) is 1. The molecule has 0 aromatic heterocycles. The van der Waals surface area contributed by atoms with Gasteiger partial charge in [0.2, 0.25) is 0 Å². The van der Waals surface area contributed by atoms with Crippen molar-refractivity contribution in [3.05, 3.63) is 35.9 Å². The minimum Gasteiger partial charge on any atom is -0.370 e. The molecule has 0 bridgehead atoms. The van der Waals surface area contributed by atoms with Gasteiger partial charge in [0.1, 0.15) is 12.4 Å². The van der Waals surface area contributed by atoms with Crippen molar-refractivity contribution in [1.82, 2.24) is 5.32 Å². The molecule has 1 aliphatic heterocycles. The third-order valence-electron chi connectivity index (χ3n) is 2.09. The van der Waals surface area contributed by atoms with Gasteiger partial charge in [-0.3, -0.25) is 4.99 Å². The van der Waals surface area contributed by atoms with Crippen LogP contribution in [0.1, 0.15) is 5.56 Å². The summed E-state index contributed by atoms with van der Waals surface area (Å²) in [7, 11) is 0. The molecule has 2 rings (SSSR count). The van der Waals surface area contributed by atoms with E-state index in [4.69, 9.17) is 4.74 Å². The maximum Gasteiger partial charge on any atom is 0.123 e. The van der Waals surface area contributed by atoms with Crippen LogP contribution in [0.15, 0.2) is 35.3 Å². The van der Waals surface area contributed by atoms with Crippen molar-refractivity contribution in [1.29, 1.82) is 0 Å². The van der Waals surface area contributed by atoms with Gasteiger partial charge in [0, 0.05) is 6.54 Å². The Kier molecular flexibility index (Phi) is 3.14. The van der Waals surface area contributed by atoms with Gasteiger partial charge < -0.3 is 10.1 Å². The lowest BCUT2D eigenvalue weighted by Crippen LogP contribution is -2.23. The Morgan fingerprint density at radius 3 is 2.79 bits per heavy atom. The van der Waals surface area contributed by atoms with E-state index in [0.717, 1.165) is 18.9 Å². The molecular formula is C11H14N2O. The highest BCUT2D eigenvalue weighted by Crippen LogP contribution is 2.00. The Morgan fingerprint density at radius 2 is 2.07 bits per heavy atom. The standard InChI is InChI=1S/C11H14N2O/c1-2-4-10(5-3-1)8-14-9-11-12-6-7-13-11/h1-5H,6-9H2,(H,12,13). The highest BCUT2D eigenvalue weighted by molar-refractivity contribution is 5.84. The van der Waals surface area contributed by atoms with E-state index < -0.39 is 0 Å². The zero-order valence-corrected chi connectivity index (χ0v) is 8.07. The monoisotopic (exact) mass is 190 g/mol. The van der Waals surface area contributed by atoms with Crippen molar-refractivity contribution in [2.75, 3.05) is 19.7 Å². The Labute approximate surface area is 83.8 Å². The fraction of sp³-hybridized carbons (Fsp3) is 0.364. The predicted molar refractivity (Wildman–Crippen MR) is 56.4 cm³/mol. The van der Waals surface area contributed by atoms with Crippen molar-refractivity contribution in [3.63, 3.8) is 0 Å². The summed E-state index contributed by atoms with van der Waals surface area (Å²) < 4.78 is 5.51. The van der Waals surface area contributed by atoms with E-state index in [9.17, 15) is 0 Å². The van der Waals surface area contributed by atoms with E-state index in [-0.39, 0.29) is 0 Å². The number of rotatable bonds is 4. The molecule has 0 spiro atoms. The van der Waals surface area contributed by atoms with Gasteiger partial charge in [0.05, 0.1) is 13.2 Å². The summed E-state index contributed by atoms with van der Waals surface area (Å²) in [5.74, 6) is 0.973. The van der Waals surface area contributed by atoms with Gasteiger partial charge in [-0.05, 0) is 5.56 Å². The minimum absolute atomic E-state index is 0.592. The summed E-state index contributed by atoms with van der Waals surface area (Å²) in [4.78, 5) is 4.25. The fourth-order valence-corrected chi connectivity index (χ4v) is 1.38. The quantitative estimate of drug-likeness (QED) is 0.774. The van der Waals surface area contributed by atoms with Gasteiger partial charge in [0.15, 0.2) is 0 Å². The van der Waals surface area contributed by atoms with Gasteiger partial charge in [0.25, 0.3) is 0 Å². The lowest BCUT2D eigenvalue weighted by Gasteiger charge is -2.04. The van der Waals surface area contributed by atoms with Crippen LogP contribution >= 0.6 is 0 Å². The van der Waals surface area contributed by atoms with E-state index in [1.165, 1.54) is 5.56 Å². The summed E-state index contributed by atoms with van der Waals surface area (Å²) in [6.07, 6.45) is 0. The number of amidine groups is 1. The van der Waals surface area contributed by atoms with Crippen LogP contribution in [0.4, 0.5) is 0 Å². The summed E-state index contributed by atoms with van der Waals surface area (Å²) in [6.45, 7) is 3.07. The molecule has 3 heteroatoms. The number of hydrogen-bond donors (Lipinski definition) is 1. The second-order valence-electron chi connectivity index (χ2n) is 3.23. The molecule has 0 aliphatic carbocycles. The first-order valence-corrected chi connectivity index (χ1v) is 4.84. The maximum absolute atomic E-state index is 5.51.